The van der Waals surface area contributed by atoms with Crippen LogP contribution in [0.25, 0.3) is 0 Å². The van der Waals surface area contributed by atoms with Crippen molar-refractivity contribution in [1.29, 1.82) is 0 Å². The molecule has 4 N–H and O–H groups in total. The summed E-state index contributed by atoms with van der Waals surface area (Å²) in [7, 11) is 0. The number of carbonyl (C=O) groups is 1. The number of hydrogen-bond donors (Lipinski definition) is 2. The molecule has 1 amide bonds. The van der Waals surface area contributed by atoms with E-state index >= 15 is 0 Å². The van der Waals surface area contributed by atoms with Gasteiger partial charge in [0.15, 0.2) is 0 Å². The summed E-state index contributed by atoms with van der Waals surface area (Å²) < 4.78 is 5.31. The van der Waals surface area contributed by atoms with E-state index < -0.39 is 11.9 Å². The molecule has 1 aliphatic rings. The third-order valence-corrected chi connectivity index (χ3v) is 3.13. The molecule has 1 aliphatic heterocycles. The standard InChI is InChI=1S/C13H19N3O2/c14-12(13(15)17)9-10-1-3-11(4-2-10)16-5-7-18-8-6-16/h1-4,12H,5-9,14H2,(H2,15,17)/t12-/m0/s1. The molecule has 5 nitrogen and oxygen atoms in total. The van der Waals surface area contributed by atoms with Gasteiger partial charge in [-0.3, -0.25) is 4.79 Å². The maximum Gasteiger partial charge on any atom is 0.234 e. The second-order valence-electron chi connectivity index (χ2n) is 4.48. The van der Waals surface area contributed by atoms with E-state index in [2.05, 4.69) is 4.90 Å². The van der Waals surface area contributed by atoms with Crippen LogP contribution in [0.2, 0.25) is 0 Å². The molecule has 1 aromatic carbocycles. The van der Waals surface area contributed by atoms with Crippen LogP contribution in [0.15, 0.2) is 24.3 Å². The topological polar surface area (TPSA) is 81.6 Å². The highest BCUT2D eigenvalue weighted by atomic mass is 16.5. The Morgan fingerprint density at radius 3 is 2.44 bits per heavy atom. The Balaban J connectivity index is 1.98. The van der Waals surface area contributed by atoms with Crippen molar-refractivity contribution in [3.63, 3.8) is 0 Å². The Bertz CT molecular complexity index is 399. The fraction of sp³-hybridized carbons (Fsp3) is 0.462. The third kappa shape index (κ3) is 3.21. The molecular formula is C13H19N3O2. The number of primary amides is 1. The van der Waals surface area contributed by atoms with Gasteiger partial charge in [-0.15, -0.1) is 0 Å². The minimum Gasteiger partial charge on any atom is -0.378 e. The van der Waals surface area contributed by atoms with Crippen LogP contribution in [-0.2, 0) is 16.0 Å². The van der Waals surface area contributed by atoms with Gasteiger partial charge in [0.25, 0.3) is 0 Å². The lowest BCUT2D eigenvalue weighted by molar-refractivity contribution is -0.119. The van der Waals surface area contributed by atoms with Crippen molar-refractivity contribution in [1.82, 2.24) is 0 Å². The van der Waals surface area contributed by atoms with E-state index in [-0.39, 0.29) is 0 Å². The van der Waals surface area contributed by atoms with Gasteiger partial charge in [-0.05, 0) is 24.1 Å². The number of ether oxygens (including phenoxy) is 1. The lowest BCUT2D eigenvalue weighted by Crippen LogP contribution is -2.38. The zero-order valence-electron chi connectivity index (χ0n) is 10.3. The summed E-state index contributed by atoms with van der Waals surface area (Å²) in [6.45, 7) is 3.38. The smallest absolute Gasteiger partial charge is 0.234 e. The van der Waals surface area contributed by atoms with E-state index in [0.29, 0.717) is 6.42 Å². The number of benzene rings is 1. The lowest BCUT2D eigenvalue weighted by atomic mass is 10.1. The number of morpholine rings is 1. The highest BCUT2D eigenvalue weighted by Crippen LogP contribution is 2.17. The second-order valence-corrected chi connectivity index (χ2v) is 4.48. The summed E-state index contributed by atoms with van der Waals surface area (Å²) in [5.74, 6) is -0.466. The average Bonchev–Trinajstić information content (AvgIpc) is 2.40. The summed E-state index contributed by atoms with van der Waals surface area (Å²) in [5.41, 5.74) is 13.0. The Morgan fingerprint density at radius 2 is 1.89 bits per heavy atom. The van der Waals surface area contributed by atoms with Gasteiger partial charge in [-0.1, -0.05) is 12.1 Å². The molecule has 1 heterocycles. The molecule has 0 spiro atoms. The van der Waals surface area contributed by atoms with E-state index in [0.717, 1.165) is 31.9 Å². The molecule has 5 heteroatoms. The third-order valence-electron chi connectivity index (χ3n) is 3.13. The van der Waals surface area contributed by atoms with Crippen molar-refractivity contribution in [2.24, 2.45) is 11.5 Å². The minimum absolute atomic E-state index is 0.466. The molecule has 2 rings (SSSR count). The van der Waals surface area contributed by atoms with Crippen molar-refractivity contribution in [2.75, 3.05) is 31.2 Å². The fourth-order valence-electron chi connectivity index (χ4n) is 2.02. The summed E-state index contributed by atoms with van der Waals surface area (Å²) in [5, 5.41) is 0. The van der Waals surface area contributed by atoms with Crippen LogP contribution in [0.5, 0.6) is 0 Å². The number of carbonyl (C=O) groups excluding carboxylic acids is 1. The Hall–Kier alpha value is -1.59. The van der Waals surface area contributed by atoms with Gasteiger partial charge in [-0.2, -0.15) is 0 Å². The maximum absolute atomic E-state index is 10.9. The monoisotopic (exact) mass is 249 g/mol. The maximum atomic E-state index is 10.9. The van der Waals surface area contributed by atoms with Gasteiger partial charge in [0, 0.05) is 18.8 Å². The van der Waals surface area contributed by atoms with Crippen molar-refractivity contribution in [3.05, 3.63) is 29.8 Å². The van der Waals surface area contributed by atoms with Crippen LogP contribution in [0.4, 0.5) is 5.69 Å². The predicted molar refractivity (Wildman–Crippen MR) is 70.3 cm³/mol. The van der Waals surface area contributed by atoms with E-state index in [1.165, 1.54) is 5.69 Å². The zero-order chi connectivity index (χ0) is 13.0. The quantitative estimate of drug-likeness (QED) is 0.779. The summed E-state index contributed by atoms with van der Waals surface area (Å²) in [4.78, 5) is 13.2. The molecule has 1 aromatic rings. The zero-order valence-corrected chi connectivity index (χ0v) is 10.3. The number of nitrogens with two attached hydrogens (primary N) is 2. The fourth-order valence-corrected chi connectivity index (χ4v) is 2.02. The molecule has 1 fully saturated rings. The molecule has 1 saturated heterocycles. The first-order valence-corrected chi connectivity index (χ1v) is 6.13. The van der Waals surface area contributed by atoms with Crippen molar-refractivity contribution in [3.8, 4) is 0 Å². The van der Waals surface area contributed by atoms with E-state index in [1.54, 1.807) is 0 Å². The molecule has 0 saturated carbocycles. The number of nitrogens with zero attached hydrogens (tertiary/aromatic N) is 1. The summed E-state index contributed by atoms with van der Waals surface area (Å²) in [6.07, 6.45) is 0.485. The first-order valence-electron chi connectivity index (χ1n) is 6.13. The SMILES string of the molecule is NC(=O)[C@@H](N)Cc1ccc(N2CCOCC2)cc1. The minimum atomic E-state index is -0.612. The number of hydrogen-bond acceptors (Lipinski definition) is 4. The Labute approximate surface area is 107 Å². The largest absolute Gasteiger partial charge is 0.378 e. The van der Waals surface area contributed by atoms with Crippen molar-refractivity contribution in [2.45, 2.75) is 12.5 Å². The van der Waals surface area contributed by atoms with Crippen LogP contribution in [0, 0.1) is 0 Å². The highest BCUT2D eigenvalue weighted by Gasteiger charge is 2.12. The number of anilines is 1. The van der Waals surface area contributed by atoms with Crippen LogP contribution in [0.3, 0.4) is 0 Å². The second kappa shape index (κ2) is 5.84. The number of rotatable bonds is 4. The summed E-state index contributed by atoms with van der Waals surface area (Å²) >= 11 is 0. The van der Waals surface area contributed by atoms with Gasteiger partial charge >= 0.3 is 0 Å². The lowest BCUT2D eigenvalue weighted by Gasteiger charge is -2.29. The molecular weight excluding hydrogens is 230 g/mol. The first kappa shape index (κ1) is 12.9. The summed E-state index contributed by atoms with van der Waals surface area (Å²) in [6, 6.07) is 7.48. The van der Waals surface area contributed by atoms with Gasteiger partial charge in [-0.25, -0.2) is 0 Å². The van der Waals surface area contributed by atoms with Crippen LogP contribution < -0.4 is 16.4 Å². The van der Waals surface area contributed by atoms with Gasteiger partial charge in [0.2, 0.25) is 5.91 Å². The van der Waals surface area contributed by atoms with E-state index in [9.17, 15) is 4.79 Å². The first-order chi connectivity index (χ1) is 8.66. The molecule has 0 aliphatic carbocycles. The number of amides is 1. The molecule has 0 unspecified atom stereocenters. The van der Waals surface area contributed by atoms with E-state index in [1.807, 2.05) is 24.3 Å². The van der Waals surface area contributed by atoms with Gasteiger partial charge in [0.1, 0.15) is 0 Å². The van der Waals surface area contributed by atoms with Gasteiger partial charge in [0.05, 0.1) is 19.3 Å². The Kier molecular flexibility index (Phi) is 4.17. The molecule has 1 atom stereocenters. The average molecular weight is 249 g/mol. The molecule has 98 valence electrons. The van der Waals surface area contributed by atoms with Crippen LogP contribution in [0.1, 0.15) is 5.56 Å². The highest BCUT2D eigenvalue weighted by molar-refractivity contribution is 5.79. The van der Waals surface area contributed by atoms with Crippen molar-refractivity contribution < 1.29 is 9.53 Å². The van der Waals surface area contributed by atoms with Gasteiger partial charge < -0.3 is 21.1 Å². The predicted octanol–water partition coefficient (Wildman–Crippen LogP) is -0.122. The molecule has 18 heavy (non-hydrogen) atoms. The van der Waals surface area contributed by atoms with E-state index in [4.69, 9.17) is 16.2 Å². The molecule has 0 bridgehead atoms. The van der Waals surface area contributed by atoms with Crippen LogP contribution >= 0.6 is 0 Å². The van der Waals surface area contributed by atoms with Crippen molar-refractivity contribution >= 4 is 11.6 Å². The van der Waals surface area contributed by atoms with Crippen LogP contribution in [-0.4, -0.2) is 38.3 Å². The Morgan fingerprint density at radius 1 is 1.28 bits per heavy atom. The molecule has 0 aromatic heterocycles. The molecule has 0 radical (unpaired) electrons. The normalized spacial score (nSPS) is 17.5.